The molecule has 1 saturated heterocycles. The van der Waals surface area contributed by atoms with Crippen LogP contribution >= 0.6 is 0 Å². The average molecular weight is 237 g/mol. The number of rotatable bonds is 1. The molecule has 2 nitrogen and oxygen atoms in total. The highest BCUT2D eigenvalue weighted by molar-refractivity contribution is 5.33. The zero-order valence-electron chi connectivity index (χ0n) is 9.16. The molecule has 0 unspecified atom stereocenters. The van der Waals surface area contributed by atoms with Gasteiger partial charge in [-0.2, -0.15) is 0 Å². The first-order valence-electron chi connectivity index (χ1n) is 5.29. The van der Waals surface area contributed by atoms with Crippen LogP contribution in [0.2, 0.25) is 0 Å². The molecule has 1 fully saturated rings. The van der Waals surface area contributed by atoms with Gasteiger partial charge < -0.3 is 17.1 Å². The molecular formula is C13H15ClNO-. The molecule has 0 amide bonds. The standard InChI is InChI=1S/C13H15NO.ClH/c1-2-5-13(6-3-1)7-4-8-14-9-11-15-12-10-14;/h1-3,5-6H,8-12H2;1H/p-1. The van der Waals surface area contributed by atoms with Gasteiger partial charge in [-0.15, -0.1) is 0 Å². The summed E-state index contributed by atoms with van der Waals surface area (Å²) >= 11 is 0. The number of hydrogen-bond acceptors (Lipinski definition) is 2. The Morgan fingerprint density at radius 2 is 1.81 bits per heavy atom. The van der Waals surface area contributed by atoms with Crippen molar-refractivity contribution in [2.24, 2.45) is 0 Å². The number of halogens is 1. The van der Waals surface area contributed by atoms with Gasteiger partial charge in [-0.3, -0.25) is 4.90 Å². The molecule has 3 heteroatoms. The molecule has 0 aliphatic carbocycles. The molecule has 0 N–H and O–H groups in total. The van der Waals surface area contributed by atoms with E-state index in [9.17, 15) is 0 Å². The minimum absolute atomic E-state index is 0. The Labute approximate surface area is 103 Å². The second kappa shape index (κ2) is 7.29. The minimum Gasteiger partial charge on any atom is -1.00 e. The summed E-state index contributed by atoms with van der Waals surface area (Å²) in [7, 11) is 0. The van der Waals surface area contributed by atoms with Gasteiger partial charge >= 0.3 is 0 Å². The molecule has 2 rings (SSSR count). The van der Waals surface area contributed by atoms with Crippen molar-refractivity contribution in [2.45, 2.75) is 0 Å². The first kappa shape index (κ1) is 13.1. The maximum absolute atomic E-state index is 5.27. The van der Waals surface area contributed by atoms with Crippen LogP contribution in [0.15, 0.2) is 30.3 Å². The lowest BCUT2D eigenvalue weighted by Crippen LogP contribution is -3.00. The predicted octanol–water partition coefficient (Wildman–Crippen LogP) is -1.63. The van der Waals surface area contributed by atoms with Crippen LogP contribution in [0.25, 0.3) is 0 Å². The van der Waals surface area contributed by atoms with E-state index in [1.54, 1.807) is 0 Å². The summed E-state index contributed by atoms with van der Waals surface area (Å²) in [5, 5.41) is 0. The number of ether oxygens (including phenoxy) is 1. The van der Waals surface area contributed by atoms with Crippen LogP contribution in [0, 0.1) is 11.8 Å². The lowest BCUT2D eigenvalue weighted by molar-refractivity contribution is -0.00000448. The second-order valence-corrected chi connectivity index (χ2v) is 3.56. The van der Waals surface area contributed by atoms with Crippen LogP contribution in [0.1, 0.15) is 5.56 Å². The summed E-state index contributed by atoms with van der Waals surface area (Å²) in [6.45, 7) is 4.53. The van der Waals surface area contributed by atoms with Gasteiger partial charge in [0, 0.05) is 18.7 Å². The van der Waals surface area contributed by atoms with Gasteiger partial charge in [0.1, 0.15) is 0 Å². The summed E-state index contributed by atoms with van der Waals surface area (Å²) < 4.78 is 5.27. The zero-order valence-corrected chi connectivity index (χ0v) is 9.91. The van der Waals surface area contributed by atoms with Crippen LogP contribution in [0.4, 0.5) is 0 Å². The molecular weight excluding hydrogens is 222 g/mol. The molecule has 0 bridgehead atoms. The van der Waals surface area contributed by atoms with E-state index in [0.717, 1.165) is 38.4 Å². The summed E-state index contributed by atoms with van der Waals surface area (Å²) in [6, 6.07) is 10.1. The average Bonchev–Trinajstić information content (AvgIpc) is 2.32. The van der Waals surface area contributed by atoms with Crippen molar-refractivity contribution >= 4 is 0 Å². The molecule has 0 atom stereocenters. The maximum Gasteiger partial charge on any atom is 0.0606 e. The quantitative estimate of drug-likeness (QED) is 0.544. The van der Waals surface area contributed by atoms with E-state index >= 15 is 0 Å². The third-order valence-electron chi connectivity index (χ3n) is 2.41. The van der Waals surface area contributed by atoms with Crippen LogP contribution in [-0.2, 0) is 4.74 Å². The Kier molecular flexibility index (Phi) is 5.95. The predicted molar refractivity (Wildman–Crippen MR) is 60.6 cm³/mol. The normalized spacial score (nSPS) is 15.8. The number of morpholine rings is 1. The van der Waals surface area contributed by atoms with Gasteiger partial charge in [0.2, 0.25) is 0 Å². The highest BCUT2D eigenvalue weighted by atomic mass is 35.5. The van der Waals surface area contributed by atoms with Crippen LogP contribution in [0.3, 0.4) is 0 Å². The highest BCUT2D eigenvalue weighted by Gasteiger charge is 2.07. The van der Waals surface area contributed by atoms with Crippen molar-refractivity contribution in [1.29, 1.82) is 0 Å². The SMILES string of the molecule is C(#Cc1ccccc1)CN1CCOCC1.[Cl-]. The van der Waals surface area contributed by atoms with Crippen LogP contribution < -0.4 is 12.4 Å². The molecule has 0 spiro atoms. The third kappa shape index (κ3) is 4.24. The van der Waals surface area contributed by atoms with Gasteiger partial charge in [-0.1, -0.05) is 30.0 Å². The van der Waals surface area contributed by atoms with Crippen molar-refractivity contribution in [2.75, 3.05) is 32.8 Å². The summed E-state index contributed by atoms with van der Waals surface area (Å²) in [5.74, 6) is 6.35. The van der Waals surface area contributed by atoms with Crippen molar-refractivity contribution in [3.8, 4) is 11.8 Å². The highest BCUT2D eigenvalue weighted by Crippen LogP contribution is 1.97. The van der Waals surface area contributed by atoms with Gasteiger partial charge in [0.25, 0.3) is 0 Å². The van der Waals surface area contributed by atoms with E-state index in [0.29, 0.717) is 0 Å². The van der Waals surface area contributed by atoms with Gasteiger partial charge in [-0.05, 0) is 12.1 Å². The maximum atomic E-state index is 5.27. The molecule has 1 aliphatic rings. The Morgan fingerprint density at radius 1 is 1.12 bits per heavy atom. The molecule has 0 saturated carbocycles. The Balaban J connectivity index is 0.00000128. The third-order valence-corrected chi connectivity index (χ3v) is 2.41. The Morgan fingerprint density at radius 3 is 2.50 bits per heavy atom. The smallest absolute Gasteiger partial charge is 0.0606 e. The van der Waals surface area contributed by atoms with Crippen LogP contribution in [-0.4, -0.2) is 37.7 Å². The van der Waals surface area contributed by atoms with E-state index in [-0.39, 0.29) is 12.4 Å². The van der Waals surface area contributed by atoms with E-state index in [1.807, 2.05) is 30.3 Å². The zero-order chi connectivity index (χ0) is 10.3. The molecule has 0 aromatic heterocycles. The largest absolute Gasteiger partial charge is 1.00 e. The second-order valence-electron chi connectivity index (χ2n) is 3.56. The molecule has 1 aromatic carbocycles. The minimum atomic E-state index is 0. The van der Waals surface area contributed by atoms with Crippen molar-refractivity contribution < 1.29 is 17.1 Å². The monoisotopic (exact) mass is 236 g/mol. The lowest BCUT2D eigenvalue weighted by atomic mass is 10.2. The van der Waals surface area contributed by atoms with E-state index in [2.05, 4.69) is 16.7 Å². The first-order chi connectivity index (χ1) is 7.45. The fourth-order valence-electron chi connectivity index (χ4n) is 1.53. The first-order valence-corrected chi connectivity index (χ1v) is 5.29. The van der Waals surface area contributed by atoms with Gasteiger partial charge in [0.15, 0.2) is 0 Å². The summed E-state index contributed by atoms with van der Waals surface area (Å²) in [4.78, 5) is 2.32. The Hall–Kier alpha value is -1.01. The van der Waals surface area contributed by atoms with E-state index in [4.69, 9.17) is 4.74 Å². The Bertz CT molecular complexity index is 349. The molecule has 1 aliphatic heterocycles. The number of hydrogen-bond donors (Lipinski definition) is 0. The topological polar surface area (TPSA) is 12.5 Å². The van der Waals surface area contributed by atoms with E-state index in [1.165, 1.54) is 0 Å². The summed E-state index contributed by atoms with van der Waals surface area (Å²) in [5.41, 5.74) is 1.09. The molecule has 1 aromatic rings. The van der Waals surface area contributed by atoms with Crippen molar-refractivity contribution in [3.05, 3.63) is 35.9 Å². The van der Waals surface area contributed by atoms with Gasteiger partial charge in [0.05, 0.1) is 19.8 Å². The number of benzene rings is 1. The lowest BCUT2D eigenvalue weighted by Gasteiger charge is -2.24. The van der Waals surface area contributed by atoms with Crippen molar-refractivity contribution in [1.82, 2.24) is 4.90 Å². The fourth-order valence-corrected chi connectivity index (χ4v) is 1.53. The molecule has 86 valence electrons. The van der Waals surface area contributed by atoms with E-state index < -0.39 is 0 Å². The van der Waals surface area contributed by atoms with Gasteiger partial charge in [-0.25, -0.2) is 0 Å². The fraction of sp³-hybridized carbons (Fsp3) is 0.385. The molecule has 16 heavy (non-hydrogen) atoms. The van der Waals surface area contributed by atoms with Crippen molar-refractivity contribution in [3.63, 3.8) is 0 Å². The number of nitrogens with zero attached hydrogens (tertiary/aromatic N) is 1. The molecule has 0 radical (unpaired) electrons. The van der Waals surface area contributed by atoms with Crippen LogP contribution in [0.5, 0.6) is 0 Å². The molecule has 1 heterocycles. The summed E-state index contributed by atoms with van der Waals surface area (Å²) in [6.07, 6.45) is 0.